The fourth-order valence-electron chi connectivity index (χ4n) is 4.94. The van der Waals surface area contributed by atoms with Crippen molar-refractivity contribution in [2.75, 3.05) is 37.7 Å². The van der Waals surface area contributed by atoms with Gasteiger partial charge in [-0.05, 0) is 42.8 Å². The monoisotopic (exact) mass is 576 g/mol. The number of rotatable bonds is 6. The van der Waals surface area contributed by atoms with Gasteiger partial charge in [-0.15, -0.1) is 0 Å². The van der Waals surface area contributed by atoms with Crippen LogP contribution in [0.4, 0.5) is 5.69 Å². The molecule has 3 aromatic carbocycles. The Balaban J connectivity index is 0.00000151. The molecule has 0 spiro atoms. The molecule has 1 aromatic heterocycles. The summed E-state index contributed by atoms with van der Waals surface area (Å²) in [6, 6.07) is 24.1. The van der Waals surface area contributed by atoms with Crippen LogP contribution in [-0.2, 0) is 11.3 Å². The minimum absolute atomic E-state index is 0. The van der Waals surface area contributed by atoms with Crippen molar-refractivity contribution in [1.82, 2.24) is 15.6 Å². The van der Waals surface area contributed by atoms with Gasteiger partial charge in [0.05, 0.1) is 24.4 Å². The van der Waals surface area contributed by atoms with Gasteiger partial charge in [0.15, 0.2) is 0 Å². The van der Waals surface area contributed by atoms with Crippen LogP contribution >= 0.6 is 11.6 Å². The molecule has 0 unspecified atom stereocenters. The molecule has 0 radical (unpaired) electrons. The Morgan fingerprint density at radius 1 is 0.854 bits per heavy atom. The molecule has 0 saturated carbocycles. The molecule has 4 aromatic rings. The van der Waals surface area contributed by atoms with Crippen LogP contribution in [0.5, 0.6) is 0 Å². The molecular formula is C32H37ClN4O4. The predicted molar refractivity (Wildman–Crippen MR) is 166 cm³/mol. The van der Waals surface area contributed by atoms with E-state index in [9.17, 15) is 14.4 Å². The Morgan fingerprint density at radius 2 is 1.46 bits per heavy atom. The first kappa shape index (κ1) is 31.4. The largest absolute Gasteiger partial charge is 0.462 e. The number of para-hydroxylation sites is 1. The highest BCUT2D eigenvalue weighted by atomic mass is 35.5. The second-order valence-electron chi connectivity index (χ2n) is 9.12. The van der Waals surface area contributed by atoms with Crippen molar-refractivity contribution in [3.63, 3.8) is 0 Å². The number of esters is 1. The van der Waals surface area contributed by atoms with Crippen molar-refractivity contribution < 1.29 is 14.3 Å². The molecule has 0 atom stereocenters. The Kier molecular flexibility index (Phi) is 11.1. The first-order valence-electron chi connectivity index (χ1n) is 13.6. The van der Waals surface area contributed by atoms with Crippen molar-refractivity contribution in [3.8, 4) is 0 Å². The summed E-state index contributed by atoms with van der Waals surface area (Å²) < 4.78 is 7.01. The Labute approximate surface area is 245 Å². The van der Waals surface area contributed by atoms with E-state index in [1.807, 2.05) is 73.3 Å². The highest BCUT2D eigenvalue weighted by molar-refractivity contribution is 6.30. The second-order valence-corrected chi connectivity index (χ2v) is 9.56. The number of halogens is 1. The van der Waals surface area contributed by atoms with E-state index in [0.717, 1.165) is 16.5 Å². The van der Waals surface area contributed by atoms with Gasteiger partial charge < -0.3 is 25.3 Å². The van der Waals surface area contributed by atoms with Crippen LogP contribution in [0.3, 0.4) is 0 Å². The minimum Gasteiger partial charge on any atom is -0.462 e. The van der Waals surface area contributed by atoms with Gasteiger partial charge in [0, 0.05) is 42.2 Å². The maximum absolute atomic E-state index is 13.9. The predicted octanol–water partition coefficient (Wildman–Crippen LogP) is 6.03. The molecular weight excluding hydrogens is 540 g/mol. The molecule has 1 amide bonds. The number of anilines is 1. The van der Waals surface area contributed by atoms with Crippen LogP contribution in [0, 0.1) is 0 Å². The third-order valence-corrected chi connectivity index (χ3v) is 7.04. The number of amides is 1. The lowest BCUT2D eigenvalue weighted by atomic mass is 10.0. The average molecular weight is 577 g/mol. The first-order chi connectivity index (χ1) is 19.5. The molecule has 8 nitrogen and oxygen atoms in total. The van der Waals surface area contributed by atoms with Crippen LogP contribution in [0.25, 0.3) is 10.9 Å². The van der Waals surface area contributed by atoms with Crippen LogP contribution in [0.15, 0.2) is 83.7 Å². The van der Waals surface area contributed by atoms with Gasteiger partial charge in [-0.2, -0.15) is 0 Å². The number of pyridine rings is 1. The summed E-state index contributed by atoms with van der Waals surface area (Å²) >= 11 is 5.97. The number of hydrogen-bond donors (Lipinski definition) is 1. The molecule has 1 aliphatic heterocycles. The molecule has 0 aliphatic carbocycles. The van der Waals surface area contributed by atoms with Crippen molar-refractivity contribution in [3.05, 3.63) is 111 Å². The van der Waals surface area contributed by atoms with Crippen molar-refractivity contribution in [2.45, 2.75) is 27.3 Å². The fraction of sp³-hybridized carbons (Fsp3) is 0.281. The van der Waals surface area contributed by atoms with Gasteiger partial charge in [0.1, 0.15) is 5.56 Å². The van der Waals surface area contributed by atoms with Crippen molar-refractivity contribution in [2.24, 2.45) is 0 Å². The number of nitrogens with zero attached hydrogens (tertiary/aromatic N) is 3. The standard InChI is InChI=1S/C30H28ClN3O4.C2H6.H3N/c1-2-38-30(37)26-27(32-16-18-33(19-17-32)28(35)22-12-14-23(31)15-13-22)24-10-6-7-11-25(24)34(29(26)36)20-21-8-4-3-5-9-21;1-2;/h3-15H,2,16-20H2,1H3;1-2H3;1H3. The summed E-state index contributed by atoms with van der Waals surface area (Å²) in [6.07, 6.45) is 0. The van der Waals surface area contributed by atoms with Gasteiger partial charge in [0.2, 0.25) is 0 Å². The summed E-state index contributed by atoms with van der Waals surface area (Å²) in [4.78, 5) is 44.0. The maximum Gasteiger partial charge on any atom is 0.345 e. The third-order valence-electron chi connectivity index (χ3n) is 6.78. The normalized spacial score (nSPS) is 12.7. The lowest BCUT2D eigenvalue weighted by Gasteiger charge is -2.37. The van der Waals surface area contributed by atoms with E-state index in [4.69, 9.17) is 16.3 Å². The molecule has 9 heteroatoms. The summed E-state index contributed by atoms with van der Waals surface area (Å²) in [6.45, 7) is 8.05. The molecule has 0 bridgehead atoms. The molecule has 3 N–H and O–H groups in total. The topological polar surface area (TPSA) is 107 Å². The minimum atomic E-state index is -0.639. The van der Waals surface area contributed by atoms with Gasteiger partial charge in [0.25, 0.3) is 11.5 Å². The first-order valence-corrected chi connectivity index (χ1v) is 14.0. The smallest absolute Gasteiger partial charge is 0.345 e. The molecule has 1 aliphatic rings. The molecule has 5 rings (SSSR count). The summed E-state index contributed by atoms with van der Waals surface area (Å²) in [5.41, 5.74) is 2.47. The van der Waals surface area contributed by atoms with Gasteiger partial charge in [-0.25, -0.2) is 4.79 Å². The highest BCUT2D eigenvalue weighted by Gasteiger charge is 2.30. The van der Waals surface area contributed by atoms with E-state index in [1.54, 1.807) is 40.7 Å². The number of carbonyl (C=O) groups excluding carboxylic acids is 2. The molecule has 216 valence electrons. The number of fused-ring (bicyclic) bond motifs is 1. The number of piperazine rings is 1. The Hall–Kier alpha value is -4.14. The number of aromatic nitrogens is 1. The lowest BCUT2D eigenvalue weighted by Crippen LogP contribution is -2.49. The molecule has 2 heterocycles. The quantitative estimate of drug-likeness (QED) is 0.281. The summed E-state index contributed by atoms with van der Waals surface area (Å²) in [7, 11) is 0. The van der Waals surface area contributed by atoms with Crippen LogP contribution in [-0.4, -0.2) is 54.1 Å². The van der Waals surface area contributed by atoms with Gasteiger partial charge in [-0.3, -0.25) is 9.59 Å². The zero-order valence-corrected chi connectivity index (χ0v) is 24.6. The van der Waals surface area contributed by atoms with Crippen molar-refractivity contribution in [1.29, 1.82) is 0 Å². The van der Waals surface area contributed by atoms with E-state index >= 15 is 0 Å². The fourth-order valence-corrected chi connectivity index (χ4v) is 5.06. The SMILES string of the molecule is CC.CCOC(=O)c1c(N2CCN(C(=O)c3ccc(Cl)cc3)CC2)c2ccccc2n(Cc2ccccc2)c1=O.N. The summed E-state index contributed by atoms with van der Waals surface area (Å²) in [5, 5.41) is 1.37. The van der Waals surface area contributed by atoms with E-state index in [-0.39, 0.29) is 29.8 Å². The van der Waals surface area contributed by atoms with E-state index < -0.39 is 5.97 Å². The number of benzene rings is 3. The van der Waals surface area contributed by atoms with Crippen LogP contribution in [0.1, 0.15) is 47.1 Å². The highest BCUT2D eigenvalue weighted by Crippen LogP contribution is 2.31. The summed E-state index contributed by atoms with van der Waals surface area (Å²) in [5.74, 6) is -0.713. The number of carbonyl (C=O) groups is 2. The van der Waals surface area contributed by atoms with E-state index in [1.165, 1.54) is 0 Å². The van der Waals surface area contributed by atoms with E-state index in [2.05, 4.69) is 0 Å². The number of hydrogen-bond acceptors (Lipinski definition) is 6. The second kappa shape index (κ2) is 14.5. The third kappa shape index (κ3) is 6.78. The van der Waals surface area contributed by atoms with Crippen LogP contribution < -0.4 is 16.6 Å². The zero-order chi connectivity index (χ0) is 28.6. The zero-order valence-electron chi connectivity index (χ0n) is 23.8. The van der Waals surface area contributed by atoms with Crippen molar-refractivity contribution >= 4 is 40.1 Å². The lowest BCUT2D eigenvalue weighted by molar-refractivity contribution is 0.0523. The average Bonchev–Trinajstić information content (AvgIpc) is 3.00. The van der Waals surface area contributed by atoms with Gasteiger partial charge >= 0.3 is 5.97 Å². The molecule has 41 heavy (non-hydrogen) atoms. The molecule has 1 saturated heterocycles. The van der Waals surface area contributed by atoms with Gasteiger partial charge in [-0.1, -0.05) is 74.0 Å². The number of ether oxygens (including phenoxy) is 1. The molecule has 1 fully saturated rings. The Morgan fingerprint density at radius 3 is 2.10 bits per heavy atom. The van der Waals surface area contributed by atoms with Crippen LogP contribution in [0.2, 0.25) is 5.02 Å². The maximum atomic E-state index is 13.9. The Bertz CT molecular complexity index is 1530. The van der Waals surface area contributed by atoms with E-state index in [0.29, 0.717) is 49.0 Å².